The van der Waals surface area contributed by atoms with Crippen molar-refractivity contribution in [3.8, 4) is 22.5 Å². The molecule has 0 spiro atoms. The average Bonchev–Trinajstić information content (AvgIpc) is 2.82. The van der Waals surface area contributed by atoms with Crippen LogP contribution in [0.5, 0.6) is 0 Å². The van der Waals surface area contributed by atoms with E-state index in [0.29, 0.717) is 5.82 Å². The van der Waals surface area contributed by atoms with Crippen LogP contribution in [0.2, 0.25) is 0 Å². The Morgan fingerprint density at radius 1 is 1.05 bits per heavy atom. The third-order valence-electron chi connectivity index (χ3n) is 3.06. The molecule has 2 heterocycles. The SMILES string of the molecule is Cc1ccc(-c2[nH]nc(N)c2-c2ccccn2)cc1. The van der Waals surface area contributed by atoms with E-state index >= 15 is 0 Å². The van der Waals surface area contributed by atoms with Crippen LogP contribution in [0.3, 0.4) is 0 Å². The average molecular weight is 250 g/mol. The largest absolute Gasteiger partial charge is 0.382 e. The number of hydrogen-bond acceptors (Lipinski definition) is 3. The number of nitrogens with two attached hydrogens (primary N) is 1. The zero-order chi connectivity index (χ0) is 13.2. The van der Waals surface area contributed by atoms with Crippen molar-refractivity contribution in [2.45, 2.75) is 6.92 Å². The minimum Gasteiger partial charge on any atom is -0.382 e. The summed E-state index contributed by atoms with van der Waals surface area (Å²) in [7, 11) is 0. The quantitative estimate of drug-likeness (QED) is 0.734. The number of anilines is 1. The number of aromatic nitrogens is 3. The van der Waals surface area contributed by atoms with Crippen molar-refractivity contribution < 1.29 is 0 Å². The summed E-state index contributed by atoms with van der Waals surface area (Å²) in [5.74, 6) is 0.467. The Bertz CT molecular complexity index is 684. The Morgan fingerprint density at radius 3 is 2.53 bits per heavy atom. The van der Waals surface area contributed by atoms with Gasteiger partial charge in [0.05, 0.1) is 17.0 Å². The fourth-order valence-corrected chi connectivity index (χ4v) is 2.06. The Kier molecular flexibility index (Phi) is 2.76. The van der Waals surface area contributed by atoms with Crippen LogP contribution in [-0.2, 0) is 0 Å². The van der Waals surface area contributed by atoms with Crippen molar-refractivity contribution in [2.24, 2.45) is 0 Å². The van der Waals surface area contributed by atoms with Crippen molar-refractivity contribution in [3.63, 3.8) is 0 Å². The highest BCUT2D eigenvalue weighted by atomic mass is 15.2. The lowest BCUT2D eigenvalue weighted by Gasteiger charge is -2.04. The maximum atomic E-state index is 5.96. The van der Waals surface area contributed by atoms with Crippen LogP contribution in [0.1, 0.15) is 5.56 Å². The van der Waals surface area contributed by atoms with Crippen molar-refractivity contribution >= 4 is 5.82 Å². The summed E-state index contributed by atoms with van der Waals surface area (Å²) in [6, 6.07) is 14.0. The topological polar surface area (TPSA) is 67.6 Å². The number of nitrogens with zero attached hydrogens (tertiary/aromatic N) is 2. The van der Waals surface area contributed by atoms with Crippen molar-refractivity contribution in [1.82, 2.24) is 15.2 Å². The minimum absolute atomic E-state index is 0.467. The van der Waals surface area contributed by atoms with Crippen LogP contribution in [0, 0.1) is 6.92 Å². The van der Waals surface area contributed by atoms with Crippen molar-refractivity contribution in [3.05, 3.63) is 54.2 Å². The first kappa shape index (κ1) is 11.5. The molecule has 0 aliphatic carbocycles. The van der Waals surface area contributed by atoms with Gasteiger partial charge in [0, 0.05) is 11.8 Å². The zero-order valence-electron chi connectivity index (χ0n) is 10.6. The van der Waals surface area contributed by atoms with Crippen LogP contribution in [-0.4, -0.2) is 15.2 Å². The minimum atomic E-state index is 0.467. The summed E-state index contributed by atoms with van der Waals surface area (Å²) in [5, 5.41) is 7.10. The van der Waals surface area contributed by atoms with Gasteiger partial charge in [-0.1, -0.05) is 35.9 Å². The van der Waals surface area contributed by atoms with E-state index in [9.17, 15) is 0 Å². The van der Waals surface area contributed by atoms with E-state index in [1.165, 1.54) is 5.56 Å². The summed E-state index contributed by atoms with van der Waals surface area (Å²) in [5.41, 5.74) is 10.8. The third kappa shape index (κ3) is 2.08. The summed E-state index contributed by atoms with van der Waals surface area (Å²) in [6.45, 7) is 2.06. The molecule has 0 saturated heterocycles. The maximum absolute atomic E-state index is 5.96. The molecule has 0 radical (unpaired) electrons. The third-order valence-corrected chi connectivity index (χ3v) is 3.06. The number of H-pyrrole nitrogens is 1. The van der Waals surface area contributed by atoms with Crippen LogP contribution in [0.15, 0.2) is 48.7 Å². The maximum Gasteiger partial charge on any atom is 0.155 e. The Morgan fingerprint density at radius 2 is 1.84 bits per heavy atom. The second-order valence-electron chi connectivity index (χ2n) is 4.44. The van der Waals surface area contributed by atoms with E-state index in [2.05, 4.69) is 46.4 Å². The van der Waals surface area contributed by atoms with Crippen molar-refractivity contribution in [2.75, 3.05) is 5.73 Å². The number of aromatic amines is 1. The van der Waals surface area contributed by atoms with E-state index in [1.54, 1.807) is 6.20 Å². The van der Waals surface area contributed by atoms with Gasteiger partial charge in [0.15, 0.2) is 5.82 Å². The first-order valence-corrected chi connectivity index (χ1v) is 6.08. The lowest BCUT2D eigenvalue weighted by molar-refractivity contribution is 1.10. The van der Waals surface area contributed by atoms with Crippen molar-refractivity contribution in [1.29, 1.82) is 0 Å². The lowest BCUT2D eigenvalue weighted by atomic mass is 10.0. The summed E-state index contributed by atoms with van der Waals surface area (Å²) >= 11 is 0. The number of aryl methyl sites for hydroxylation is 1. The number of nitrogens with one attached hydrogen (secondary N) is 1. The molecule has 3 N–H and O–H groups in total. The van der Waals surface area contributed by atoms with Crippen LogP contribution in [0.4, 0.5) is 5.82 Å². The molecule has 0 saturated carbocycles. The highest BCUT2D eigenvalue weighted by Crippen LogP contribution is 2.33. The van der Waals surface area contributed by atoms with Gasteiger partial charge in [-0.05, 0) is 19.1 Å². The van der Waals surface area contributed by atoms with Gasteiger partial charge in [-0.25, -0.2) is 0 Å². The molecule has 0 bridgehead atoms. The summed E-state index contributed by atoms with van der Waals surface area (Å²) in [4.78, 5) is 4.35. The summed E-state index contributed by atoms with van der Waals surface area (Å²) < 4.78 is 0. The molecule has 3 rings (SSSR count). The molecule has 4 nitrogen and oxygen atoms in total. The molecule has 94 valence electrons. The lowest BCUT2D eigenvalue weighted by Crippen LogP contribution is -1.90. The monoisotopic (exact) mass is 250 g/mol. The molecular weight excluding hydrogens is 236 g/mol. The number of benzene rings is 1. The number of pyridine rings is 1. The fourth-order valence-electron chi connectivity index (χ4n) is 2.06. The van der Waals surface area contributed by atoms with E-state index < -0.39 is 0 Å². The zero-order valence-corrected chi connectivity index (χ0v) is 10.6. The molecule has 0 fully saturated rings. The van der Waals surface area contributed by atoms with E-state index in [4.69, 9.17) is 5.73 Å². The molecule has 3 aromatic rings. The second kappa shape index (κ2) is 4.57. The van der Waals surface area contributed by atoms with Gasteiger partial charge in [0.1, 0.15) is 0 Å². The normalized spacial score (nSPS) is 10.6. The fraction of sp³-hybridized carbons (Fsp3) is 0.0667. The van der Waals surface area contributed by atoms with E-state index in [-0.39, 0.29) is 0 Å². The Labute approximate surface area is 111 Å². The number of hydrogen-bond donors (Lipinski definition) is 2. The van der Waals surface area contributed by atoms with Gasteiger partial charge >= 0.3 is 0 Å². The molecule has 0 atom stereocenters. The highest BCUT2D eigenvalue weighted by Gasteiger charge is 2.15. The highest BCUT2D eigenvalue weighted by molar-refractivity contribution is 5.86. The van der Waals surface area contributed by atoms with Crippen LogP contribution in [0.25, 0.3) is 22.5 Å². The summed E-state index contributed by atoms with van der Waals surface area (Å²) in [6.07, 6.45) is 1.75. The van der Waals surface area contributed by atoms with Gasteiger partial charge in [0.25, 0.3) is 0 Å². The van der Waals surface area contributed by atoms with Gasteiger partial charge in [-0.3, -0.25) is 10.1 Å². The predicted octanol–water partition coefficient (Wildman–Crippen LogP) is 3.03. The number of nitrogen functional groups attached to an aromatic ring is 1. The van der Waals surface area contributed by atoms with Gasteiger partial charge < -0.3 is 5.73 Å². The molecule has 0 unspecified atom stereocenters. The molecule has 0 amide bonds. The van der Waals surface area contributed by atoms with E-state index in [1.807, 2.05) is 18.2 Å². The second-order valence-corrected chi connectivity index (χ2v) is 4.44. The number of rotatable bonds is 2. The standard InChI is InChI=1S/C15H14N4/c1-10-5-7-11(8-6-10)14-13(15(16)19-18-14)12-4-2-3-9-17-12/h2-9H,1H3,(H3,16,18,19). The molecule has 2 aromatic heterocycles. The van der Waals surface area contributed by atoms with Gasteiger partial charge in [-0.2, -0.15) is 5.10 Å². The van der Waals surface area contributed by atoms with Crippen LogP contribution >= 0.6 is 0 Å². The molecule has 0 aliphatic heterocycles. The molecule has 1 aromatic carbocycles. The molecule has 0 aliphatic rings. The first-order chi connectivity index (χ1) is 9.25. The van der Waals surface area contributed by atoms with Gasteiger partial charge in [-0.15, -0.1) is 0 Å². The Hall–Kier alpha value is -2.62. The molecule has 4 heteroatoms. The molecular formula is C15H14N4. The predicted molar refractivity (Wildman–Crippen MR) is 76.4 cm³/mol. The smallest absolute Gasteiger partial charge is 0.155 e. The Balaban J connectivity index is 2.16. The van der Waals surface area contributed by atoms with Gasteiger partial charge in [0.2, 0.25) is 0 Å². The molecule has 19 heavy (non-hydrogen) atoms. The van der Waals surface area contributed by atoms with E-state index in [0.717, 1.165) is 22.5 Å². The van der Waals surface area contributed by atoms with Crippen LogP contribution < -0.4 is 5.73 Å². The first-order valence-electron chi connectivity index (χ1n) is 6.08.